The molecule has 2 nitrogen and oxygen atoms in total. The van der Waals surface area contributed by atoms with Crippen LogP contribution in [-0.2, 0) is 6.61 Å². The third kappa shape index (κ3) is 3.81. The van der Waals surface area contributed by atoms with Crippen molar-refractivity contribution in [2.75, 3.05) is 0 Å². The van der Waals surface area contributed by atoms with Crippen LogP contribution in [0.4, 0.5) is 0 Å². The van der Waals surface area contributed by atoms with Gasteiger partial charge in [-0.2, -0.15) is 0 Å². The first-order valence-corrected chi connectivity index (χ1v) is 7.08. The van der Waals surface area contributed by atoms with Crippen molar-refractivity contribution >= 4 is 17.2 Å². The number of rotatable bonds is 5. The average Bonchev–Trinajstić information content (AvgIpc) is 2.46. The van der Waals surface area contributed by atoms with E-state index in [1.807, 2.05) is 24.3 Å². The van der Waals surface area contributed by atoms with Crippen molar-refractivity contribution in [2.24, 2.45) is 5.73 Å². The topological polar surface area (TPSA) is 35.2 Å². The molecule has 0 atom stereocenters. The Labute approximate surface area is 125 Å². The molecule has 2 rings (SSSR count). The molecule has 0 aliphatic heterocycles. The Hall–Kier alpha value is -1.87. The van der Waals surface area contributed by atoms with Crippen molar-refractivity contribution in [1.29, 1.82) is 0 Å². The second kappa shape index (κ2) is 6.53. The molecule has 20 heavy (non-hydrogen) atoms. The number of hydrogen-bond donors (Lipinski definition) is 1. The molecule has 2 N–H and O–H groups in total. The summed E-state index contributed by atoms with van der Waals surface area (Å²) >= 11 is 4.96. The van der Waals surface area contributed by atoms with E-state index in [1.54, 1.807) is 0 Å². The zero-order chi connectivity index (χ0) is 14.5. The molecule has 0 spiro atoms. The van der Waals surface area contributed by atoms with Gasteiger partial charge in [-0.25, -0.2) is 0 Å². The van der Waals surface area contributed by atoms with Crippen molar-refractivity contribution in [3.05, 3.63) is 65.2 Å². The number of benzene rings is 2. The summed E-state index contributed by atoms with van der Waals surface area (Å²) in [4.78, 5) is 0.386. The van der Waals surface area contributed by atoms with Crippen LogP contribution in [0.5, 0.6) is 5.75 Å². The van der Waals surface area contributed by atoms with Crippen molar-refractivity contribution in [3.8, 4) is 5.75 Å². The maximum absolute atomic E-state index is 5.77. The molecule has 0 heterocycles. The first-order chi connectivity index (χ1) is 9.56. The van der Waals surface area contributed by atoms with Gasteiger partial charge in [-0.05, 0) is 29.2 Å². The Morgan fingerprint density at radius 1 is 1.15 bits per heavy atom. The Morgan fingerprint density at radius 3 is 2.45 bits per heavy atom. The summed E-state index contributed by atoms with van der Waals surface area (Å²) in [7, 11) is 0. The highest BCUT2D eigenvalue weighted by atomic mass is 32.1. The fourth-order valence-electron chi connectivity index (χ4n) is 1.90. The van der Waals surface area contributed by atoms with Gasteiger partial charge < -0.3 is 10.5 Å². The van der Waals surface area contributed by atoms with Crippen molar-refractivity contribution < 1.29 is 4.74 Å². The predicted molar refractivity (Wildman–Crippen MR) is 87.2 cm³/mol. The van der Waals surface area contributed by atoms with Crippen LogP contribution in [0.1, 0.15) is 36.5 Å². The lowest BCUT2D eigenvalue weighted by Crippen LogP contribution is -2.09. The molecule has 0 bridgehead atoms. The van der Waals surface area contributed by atoms with E-state index in [0.717, 1.165) is 16.9 Å². The Bertz CT molecular complexity index is 590. The van der Waals surface area contributed by atoms with E-state index in [-0.39, 0.29) is 0 Å². The van der Waals surface area contributed by atoms with Gasteiger partial charge in [0.15, 0.2) is 0 Å². The summed E-state index contributed by atoms with van der Waals surface area (Å²) in [6.45, 7) is 4.92. The van der Waals surface area contributed by atoms with Crippen LogP contribution in [0, 0.1) is 0 Å². The van der Waals surface area contributed by atoms with Crippen LogP contribution in [0.15, 0.2) is 48.5 Å². The third-order valence-corrected chi connectivity index (χ3v) is 3.41. The van der Waals surface area contributed by atoms with Gasteiger partial charge in [-0.1, -0.05) is 62.5 Å². The Balaban J connectivity index is 2.01. The number of thiocarbonyl (C=S) groups is 1. The van der Waals surface area contributed by atoms with E-state index >= 15 is 0 Å². The normalized spacial score (nSPS) is 10.6. The molecule has 0 fully saturated rings. The van der Waals surface area contributed by atoms with Gasteiger partial charge in [0.25, 0.3) is 0 Å². The first kappa shape index (κ1) is 14.5. The highest BCUT2D eigenvalue weighted by Gasteiger charge is 2.02. The molecule has 2 aromatic rings. The maximum atomic E-state index is 5.77. The minimum absolute atomic E-state index is 0.386. The van der Waals surface area contributed by atoms with E-state index in [1.165, 1.54) is 5.56 Å². The maximum Gasteiger partial charge on any atom is 0.120 e. The second-order valence-electron chi connectivity index (χ2n) is 5.08. The van der Waals surface area contributed by atoms with E-state index in [9.17, 15) is 0 Å². The van der Waals surface area contributed by atoms with Crippen molar-refractivity contribution in [1.82, 2.24) is 0 Å². The number of nitrogens with two attached hydrogens (primary N) is 1. The summed E-state index contributed by atoms with van der Waals surface area (Å²) in [6.07, 6.45) is 0. The zero-order valence-corrected chi connectivity index (χ0v) is 12.6. The van der Waals surface area contributed by atoms with Crippen molar-refractivity contribution in [2.45, 2.75) is 26.4 Å². The third-order valence-electron chi connectivity index (χ3n) is 3.17. The van der Waals surface area contributed by atoms with Gasteiger partial charge in [0, 0.05) is 5.56 Å². The monoisotopic (exact) mass is 285 g/mol. The quantitative estimate of drug-likeness (QED) is 0.843. The lowest BCUT2D eigenvalue weighted by Gasteiger charge is -2.09. The highest BCUT2D eigenvalue weighted by molar-refractivity contribution is 7.80. The molecule has 2 aromatic carbocycles. The number of ether oxygens (including phenoxy) is 1. The zero-order valence-electron chi connectivity index (χ0n) is 11.8. The molecule has 104 valence electrons. The minimum atomic E-state index is 0.386. The molecule has 0 aliphatic carbocycles. The molecule has 0 aliphatic rings. The van der Waals surface area contributed by atoms with Gasteiger partial charge in [0.2, 0.25) is 0 Å². The molecule has 3 heteroatoms. The van der Waals surface area contributed by atoms with Crippen LogP contribution >= 0.6 is 12.2 Å². The number of hydrogen-bond acceptors (Lipinski definition) is 2. The largest absolute Gasteiger partial charge is 0.489 e. The van der Waals surface area contributed by atoms with Crippen LogP contribution < -0.4 is 10.5 Å². The van der Waals surface area contributed by atoms with Crippen molar-refractivity contribution in [3.63, 3.8) is 0 Å². The molecular formula is C17H19NOS. The molecule has 0 unspecified atom stereocenters. The molecule has 0 aromatic heterocycles. The van der Waals surface area contributed by atoms with Crippen LogP contribution in [0.2, 0.25) is 0 Å². The standard InChI is InChI=1S/C17H19NOS/c1-12(2)14-8-6-13(7-9-14)11-19-16-5-3-4-15(10-16)17(18)20/h3-10,12H,11H2,1-2H3,(H2,18,20). The van der Waals surface area contributed by atoms with Gasteiger partial charge >= 0.3 is 0 Å². The van der Waals surface area contributed by atoms with Crippen LogP contribution in [-0.4, -0.2) is 4.99 Å². The SMILES string of the molecule is CC(C)c1ccc(COc2cccc(C(N)=S)c2)cc1. The van der Waals surface area contributed by atoms with E-state index < -0.39 is 0 Å². The minimum Gasteiger partial charge on any atom is -0.489 e. The summed E-state index contributed by atoms with van der Waals surface area (Å²) < 4.78 is 5.77. The van der Waals surface area contributed by atoms with E-state index in [4.69, 9.17) is 22.7 Å². The Morgan fingerprint density at radius 2 is 1.85 bits per heavy atom. The fourth-order valence-corrected chi connectivity index (χ4v) is 2.03. The van der Waals surface area contributed by atoms with Crippen LogP contribution in [0.25, 0.3) is 0 Å². The Kier molecular flexibility index (Phi) is 4.74. The molecule has 0 radical (unpaired) electrons. The van der Waals surface area contributed by atoms with E-state index in [2.05, 4.69) is 38.1 Å². The first-order valence-electron chi connectivity index (χ1n) is 6.68. The summed E-state index contributed by atoms with van der Waals surface area (Å²) in [5.41, 5.74) is 8.92. The predicted octanol–water partition coefficient (Wildman–Crippen LogP) is 4.02. The fraction of sp³-hybridized carbons (Fsp3) is 0.235. The average molecular weight is 285 g/mol. The van der Waals surface area contributed by atoms with Gasteiger partial charge in [-0.3, -0.25) is 0 Å². The molecular weight excluding hydrogens is 266 g/mol. The smallest absolute Gasteiger partial charge is 0.120 e. The van der Waals surface area contributed by atoms with Gasteiger partial charge in [0.1, 0.15) is 17.3 Å². The van der Waals surface area contributed by atoms with Crippen LogP contribution in [0.3, 0.4) is 0 Å². The van der Waals surface area contributed by atoms with E-state index in [0.29, 0.717) is 17.5 Å². The van der Waals surface area contributed by atoms with Gasteiger partial charge in [0.05, 0.1) is 0 Å². The molecule has 0 saturated heterocycles. The summed E-state index contributed by atoms with van der Waals surface area (Å²) in [5, 5.41) is 0. The lowest BCUT2D eigenvalue weighted by atomic mass is 10.0. The summed E-state index contributed by atoms with van der Waals surface area (Å²) in [5.74, 6) is 1.33. The highest BCUT2D eigenvalue weighted by Crippen LogP contribution is 2.17. The second-order valence-corrected chi connectivity index (χ2v) is 5.52. The lowest BCUT2D eigenvalue weighted by molar-refractivity contribution is 0.306. The summed E-state index contributed by atoms with van der Waals surface area (Å²) in [6, 6.07) is 16.1. The molecule has 0 saturated carbocycles. The van der Waals surface area contributed by atoms with Gasteiger partial charge in [-0.15, -0.1) is 0 Å². The molecule has 0 amide bonds.